The van der Waals surface area contributed by atoms with Gasteiger partial charge in [0.05, 0.1) is 5.69 Å². The average Bonchev–Trinajstić information content (AvgIpc) is 2.79. The molecule has 1 aliphatic heterocycles. The largest absolute Gasteiger partial charge is 0.508 e. The number of hydrogen-bond acceptors (Lipinski definition) is 3. The zero-order chi connectivity index (χ0) is 15.6. The van der Waals surface area contributed by atoms with Gasteiger partial charge in [-0.05, 0) is 24.5 Å². The van der Waals surface area contributed by atoms with Crippen molar-refractivity contribution in [3.8, 4) is 5.75 Å². The highest BCUT2D eigenvalue weighted by atomic mass is 19.1. The number of anilines is 1. The number of phenolic OH excluding ortho intramolecular Hbond substituents is 1. The normalized spacial score (nSPS) is 16.4. The molecule has 1 aromatic carbocycles. The van der Waals surface area contributed by atoms with E-state index in [0.29, 0.717) is 13.0 Å². The van der Waals surface area contributed by atoms with Gasteiger partial charge in [-0.3, -0.25) is 9.59 Å². The van der Waals surface area contributed by atoms with Gasteiger partial charge in [0.15, 0.2) is 0 Å². The topological polar surface area (TPSA) is 69.6 Å². The Labute approximate surface area is 122 Å². The summed E-state index contributed by atoms with van der Waals surface area (Å²) in [6, 6.07) is 2.91. The Balaban J connectivity index is 2.17. The summed E-state index contributed by atoms with van der Waals surface area (Å²) in [4.78, 5) is 25.8. The van der Waals surface area contributed by atoms with Gasteiger partial charge in [-0.25, -0.2) is 4.39 Å². The smallest absolute Gasteiger partial charge is 0.247 e. The molecule has 2 rings (SSSR count). The van der Waals surface area contributed by atoms with Crippen LogP contribution in [-0.4, -0.2) is 34.4 Å². The van der Waals surface area contributed by atoms with E-state index in [9.17, 15) is 19.1 Å². The van der Waals surface area contributed by atoms with Crippen molar-refractivity contribution >= 4 is 17.5 Å². The zero-order valence-electron chi connectivity index (χ0n) is 12.1. The maximum absolute atomic E-state index is 13.7. The molecule has 2 N–H and O–H groups in total. The molecular formula is C15H19FN2O3. The van der Waals surface area contributed by atoms with Crippen molar-refractivity contribution < 1.29 is 19.1 Å². The van der Waals surface area contributed by atoms with Crippen LogP contribution in [0.15, 0.2) is 18.2 Å². The number of carbonyl (C=O) groups excluding carboxylic acids is 2. The summed E-state index contributed by atoms with van der Waals surface area (Å²) in [7, 11) is 0. The third-order valence-electron chi connectivity index (χ3n) is 3.56. The van der Waals surface area contributed by atoms with Crippen molar-refractivity contribution in [2.75, 3.05) is 11.9 Å². The van der Waals surface area contributed by atoms with Gasteiger partial charge in [-0.1, -0.05) is 13.8 Å². The minimum atomic E-state index is -0.710. The molecule has 1 aliphatic rings. The molecule has 1 heterocycles. The number of carbonyl (C=O) groups is 2. The number of hydrogen-bond donors (Lipinski definition) is 2. The lowest BCUT2D eigenvalue weighted by molar-refractivity contribution is -0.136. The van der Waals surface area contributed by atoms with E-state index >= 15 is 0 Å². The number of rotatable bonds is 4. The van der Waals surface area contributed by atoms with Crippen LogP contribution in [0.4, 0.5) is 10.1 Å². The van der Waals surface area contributed by atoms with Crippen LogP contribution in [0.2, 0.25) is 0 Å². The van der Waals surface area contributed by atoms with E-state index in [0.717, 1.165) is 12.5 Å². The maximum atomic E-state index is 13.7. The van der Waals surface area contributed by atoms with Crippen LogP contribution >= 0.6 is 0 Å². The summed E-state index contributed by atoms with van der Waals surface area (Å²) < 4.78 is 13.7. The molecule has 5 nitrogen and oxygen atoms in total. The molecule has 0 spiro atoms. The molecule has 0 saturated carbocycles. The monoisotopic (exact) mass is 294 g/mol. The molecule has 1 aromatic rings. The Bertz CT molecular complexity index is 560. The standard InChI is InChI=1S/C15H19FN2O3/c1-9(2)14(18-7-3-4-13(18)20)15(21)17-12-6-5-10(19)8-11(12)16/h5-6,8-9,14,19H,3-4,7H2,1-2H3,(H,17,21). The molecule has 1 atom stereocenters. The van der Waals surface area contributed by atoms with E-state index in [1.54, 1.807) is 4.90 Å². The molecule has 0 radical (unpaired) electrons. The van der Waals surface area contributed by atoms with Crippen LogP contribution in [-0.2, 0) is 9.59 Å². The van der Waals surface area contributed by atoms with E-state index < -0.39 is 17.8 Å². The lowest BCUT2D eigenvalue weighted by Gasteiger charge is -2.29. The summed E-state index contributed by atoms with van der Waals surface area (Å²) in [6.45, 7) is 4.25. The second-order valence-corrected chi connectivity index (χ2v) is 5.53. The van der Waals surface area contributed by atoms with Crippen LogP contribution in [0.25, 0.3) is 0 Å². The Morgan fingerprint density at radius 3 is 2.67 bits per heavy atom. The van der Waals surface area contributed by atoms with Gasteiger partial charge < -0.3 is 15.3 Å². The molecule has 1 saturated heterocycles. The number of amides is 2. The van der Waals surface area contributed by atoms with Gasteiger partial charge in [0.1, 0.15) is 17.6 Å². The quantitative estimate of drug-likeness (QED) is 0.836. The Morgan fingerprint density at radius 2 is 2.14 bits per heavy atom. The van der Waals surface area contributed by atoms with Crippen LogP contribution in [0.5, 0.6) is 5.75 Å². The number of aromatic hydroxyl groups is 1. The van der Waals surface area contributed by atoms with Gasteiger partial charge in [-0.2, -0.15) is 0 Å². The van der Waals surface area contributed by atoms with Crippen LogP contribution in [0, 0.1) is 11.7 Å². The van der Waals surface area contributed by atoms with Crippen molar-refractivity contribution in [2.45, 2.75) is 32.7 Å². The van der Waals surface area contributed by atoms with Gasteiger partial charge >= 0.3 is 0 Å². The van der Waals surface area contributed by atoms with E-state index in [4.69, 9.17) is 0 Å². The highest BCUT2D eigenvalue weighted by molar-refractivity contribution is 5.97. The summed E-state index contributed by atoms with van der Waals surface area (Å²) in [5.41, 5.74) is -0.00454. The number of halogens is 1. The minimum Gasteiger partial charge on any atom is -0.508 e. The zero-order valence-corrected chi connectivity index (χ0v) is 12.1. The van der Waals surface area contributed by atoms with Crippen molar-refractivity contribution in [3.63, 3.8) is 0 Å². The summed E-state index contributed by atoms with van der Waals surface area (Å²) in [6.07, 6.45) is 1.19. The number of likely N-dealkylation sites (tertiary alicyclic amines) is 1. The van der Waals surface area contributed by atoms with Gasteiger partial charge in [0.25, 0.3) is 0 Å². The molecule has 0 bridgehead atoms. The first-order chi connectivity index (χ1) is 9.90. The van der Waals surface area contributed by atoms with E-state index in [-0.39, 0.29) is 23.3 Å². The first kappa shape index (κ1) is 15.3. The summed E-state index contributed by atoms with van der Waals surface area (Å²) in [5.74, 6) is -1.45. The molecule has 0 aromatic heterocycles. The fourth-order valence-electron chi connectivity index (χ4n) is 2.58. The predicted molar refractivity (Wildman–Crippen MR) is 76.3 cm³/mol. The lowest BCUT2D eigenvalue weighted by atomic mass is 10.0. The highest BCUT2D eigenvalue weighted by Crippen LogP contribution is 2.23. The third-order valence-corrected chi connectivity index (χ3v) is 3.56. The molecule has 2 amide bonds. The molecule has 1 fully saturated rings. The fraction of sp³-hybridized carbons (Fsp3) is 0.467. The number of nitrogens with one attached hydrogen (secondary N) is 1. The van der Waals surface area contributed by atoms with Crippen LogP contribution in [0.3, 0.4) is 0 Å². The summed E-state index contributed by atoms with van der Waals surface area (Å²) >= 11 is 0. The highest BCUT2D eigenvalue weighted by Gasteiger charge is 2.35. The van der Waals surface area contributed by atoms with Crippen molar-refractivity contribution in [1.29, 1.82) is 0 Å². The van der Waals surface area contributed by atoms with E-state index in [1.165, 1.54) is 12.1 Å². The Morgan fingerprint density at radius 1 is 1.43 bits per heavy atom. The molecule has 6 heteroatoms. The lowest BCUT2D eigenvalue weighted by Crippen LogP contribution is -2.48. The first-order valence-corrected chi connectivity index (χ1v) is 6.99. The van der Waals surface area contributed by atoms with Gasteiger partial charge in [0, 0.05) is 19.0 Å². The predicted octanol–water partition coefficient (Wildman–Crippen LogP) is 2.12. The van der Waals surface area contributed by atoms with E-state index in [1.807, 2.05) is 13.8 Å². The van der Waals surface area contributed by atoms with Crippen molar-refractivity contribution in [2.24, 2.45) is 5.92 Å². The maximum Gasteiger partial charge on any atom is 0.247 e. The molecule has 1 unspecified atom stereocenters. The molecular weight excluding hydrogens is 275 g/mol. The van der Waals surface area contributed by atoms with Gasteiger partial charge in [-0.15, -0.1) is 0 Å². The summed E-state index contributed by atoms with van der Waals surface area (Å²) in [5, 5.41) is 11.7. The third kappa shape index (κ3) is 3.32. The Hall–Kier alpha value is -2.11. The average molecular weight is 294 g/mol. The Kier molecular flexibility index (Phi) is 4.45. The first-order valence-electron chi connectivity index (χ1n) is 6.99. The molecule has 114 valence electrons. The second-order valence-electron chi connectivity index (χ2n) is 5.53. The minimum absolute atomic E-state index is 0.00454. The number of phenols is 1. The van der Waals surface area contributed by atoms with Crippen LogP contribution < -0.4 is 5.32 Å². The van der Waals surface area contributed by atoms with Crippen molar-refractivity contribution in [3.05, 3.63) is 24.0 Å². The second kappa shape index (κ2) is 6.11. The van der Waals surface area contributed by atoms with Crippen LogP contribution in [0.1, 0.15) is 26.7 Å². The number of benzene rings is 1. The number of nitrogens with zero attached hydrogens (tertiary/aromatic N) is 1. The van der Waals surface area contributed by atoms with Gasteiger partial charge in [0.2, 0.25) is 11.8 Å². The van der Waals surface area contributed by atoms with Crippen molar-refractivity contribution in [1.82, 2.24) is 4.90 Å². The SMILES string of the molecule is CC(C)C(C(=O)Nc1ccc(O)cc1F)N1CCCC1=O. The van der Waals surface area contributed by atoms with E-state index in [2.05, 4.69) is 5.32 Å². The molecule has 21 heavy (non-hydrogen) atoms. The fourth-order valence-corrected chi connectivity index (χ4v) is 2.58. The molecule has 0 aliphatic carbocycles.